The lowest BCUT2D eigenvalue weighted by Crippen LogP contribution is -2.35. The van der Waals surface area contributed by atoms with Crippen molar-refractivity contribution >= 4 is 19.9 Å². The second-order valence-corrected chi connectivity index (χ2v) is 8.27. The summed E-state index contributed by atoms with van der Waals surface area (Å²) in [5.41, 5.74) is 1.61. The van der Waals surface area contributed by atoms with Crippen LogP contribution >= 0.6 is 0 Å². The first-order chi connectivity index (χ1) is 8.70. The summed E-state index contributed by atoms with van der Waals surface area (Å²) < 4.78 is 49.3. The normalized spacial score (nSPS) is 21.7. The lowest BCUT2D eigenvalue weighted by Gasteiger charge is -2.13. The van der Waals surface area contributed by atoms with Crippen LogP contribution in [-0.2, 0) is 19.9 Å². The van der Waals surface area contributed by atoms with Crippen LogP contribution in [0.25, 0.3) is 0 Å². The standard InChI is InChI=1S/C12H15NO4S2/c1-9-3-4-12(10(2)7-9)19(16,17)13-11-5-6-18(14,15)8-11/h3-7,11,13H,8H2,1-2H3. The minimum atomic E-state index is -3.71. The number of sulfonamides is 1. The third kappa shape index (κ3) is 3.23. The molecule has 19 heavy (non-hydrogen) atoms. The highest BCUT2D eigenvalue weighted by atomic mass is 32.2. The smallest absolute Gasteiger partial charge is 0.224 e. The van der Waals surface area contributed by atoms with Crippen LogP contribution in [-0.4, -0.2) is 28.6 Å². The molecule has 2 rings (SSSR count). The zero-order valence-corrected chi connectivity index (χ0v) is 12.3. The SMILES string of the molecule is Cc1ccc(S(=O)(=O)NC2C=CS(=O)(=O)C2)c(C)c1. The molecule has 1 unspecified atom stereocenters. The minimum Gasteiger partial charge on any atom is -0.224 e. The van der Waals surface area contributed by atoms with Gasteiger partial charge in [-0.15, -0.1) is 0 Å². The zero-order valence-electron chi connectivity index (χ0n) is 10.6. The van der Waals surface area contributed by atoms with Crippen LogP contribution in [0.3, 0.4) is 0 Å². The first-order valence-electron chi connectivity index (χ1n) is 5.70. The van der Waals surface area contributed by atoms with Crippen molar-refractivity contribution in [2.45, 2.75) is 24.8 Å². The summed E-state index contributed by atoms with van der Waals surface area (Å²) in [4.78, 5) is 0.177. The van der Waals surface area contributed by atoms with Crippen molar-refractivity contribution in [2.24, 2.45) is 0 Å². The highest BCUT2D eigenvalue weighted by Crippen LogP contribution is 2.18. The zero-order chi connectivity index (χ0) is 14.3. The Hall–Kier alpha value is -1.18. The Morgan fingerprint density at radius 3 is 2.47 bits per heavy atom. The maximum Gasteiger partial charge on any atom is 0.241 e. The molecule has 0 aromatic heterocycles. The molecule has 0 saturated heterocycles. The van der Waals surface area contributed by atoms with E-state index in [-0.39, 0.29) is 10.6 Å². The van der Waals surface area contributed by atoms with Crippen molar-refractivity contribution in [2.75, 3.05) is 5.75 Å². The molecule has 104 valence electrons. The number of benzene rings is 1. The molecule has 0 saturated carbocycles. The number of aryl methyl sites for hydroxylation is 2. The van der Waals surface area contributed by atoms with E-state index < -0.39 is 25.9 Å². The van der Waals surface area contributed by atoms with Gasteiger partial charge in [0.1, 0.15) is 0 Å². The molecule has 1 N–H and O–H groups in total. The molecule has 0 radical (unpaired) electrons. The first-order valence-corrected chi connectivity index (χ1v) is 8.90. The molecular formula is C12H15NO4S2. The summed E-state index contributed by atoms with van der Waals surface area (Å²) in [5.74, 6) is -0.225. The third-order valence-corrected chi connectivity index (χ3v) is 5.90. The highest BCUT2D eigenvalue weighted by Gasteiger charge is 2.27. The Bertz CT molecular complexity index is 733. The van der Waals surface area contributed by atoms with Crippen LogP contribution in [0.2, 0.25) is 0 Å². The van der Waals surface area contributed by atoms with Crippen molar-refractivity contribution in [1.82, 2.24) is 4.72 Å². The van der Waals surface area contributed by atoms with Crippen LogP contribution < -0.4 is 4.72 Å². The van der Waals surface area contributed by atoms with Crippen molar-refractivity contribution in [1.29, 1.82) is 0 Å². The molecule has 0 spiro atoms. The van der Waals surface area contributed by atoms with E-state index >= 15 is 0 Å². The van der Waals surface area contributed by atoms with Gasteiger partial charge in [0, 0.05) is 5.41 Å². The Kier molecular flexibility index (Phi) is 3.55. The first kappa shape index (κ1) is 14.2. The summed E-state index contributed by atoms with van der Waals surface area (Å²) in [6.07, 6.45) is 1.36. The molecule has 1 heterocycles. The molecule has 0 amide bonds. The van der Waals surface area contributed by atoms with Gasteiger partial charge in [-0.3, -0.25) is 0 Å². The van der Waals surface area contributed by atoms with E-state index in [1.165, 1.54) is 12.1 Å². The van der Waals surface area contributed by atoms with Gasteiger partial charge in [-0.25, -0.2) is 21.6 Å². The maximum atomic E-state index is 12.2. The summed E-state index contributed by atoms with van der Waals surface area (Å²) in [5, 5.41) is 1.04. The molecule has 0 aliphatic carbocycles. The van der Waals surface area contributed by atoms with E-state index in [2.05, 4.69) is 4.72 Å². The van der Waals surface area contributed by atoms with E-state index in [1.54, 1.807) is 19.1 Å². The topological polar surface area (TPSA) is 80.3 Å². The van der Waals surface area contributed by atoms with Crippen molar-refractivity contribution < 1.29 is 16.8 Å². The summed E-state index contributed by atoms with van der Waals surface area (Å²) in [6, 6.07) is 4.31. The van der Waals surface area contributed by atoms with Crippen LogP contribution in [0.4, 0.5) is 0 Å². The molecule has 0 fully saturated rings. The second kappa shape index (κ2) is 4.73. The Balaban J connectivity index is 2.27. The van der Waals surface area contributed by atoms with E-state index in [0.717, 1.165) is 11.0 Å². The van der Waals surface area contributed by atoms with Crippen LogP contribution in [0.5, 0.6) is 0 Å². The maximum absolute atomic E-state index is 12.2. The van der Waals surface area contributed by atoms with Gasteiger partial charge in [-0.2, -0.15) is 0 Å². The number of hydrogen-bond acceptors (Lipinski definition) is 4. The Morgan fingerprint density at radius 1 is 1.26 bits per heavy atom. The monoisotopic (exact) mass is 301 g/mol. The molecule has 1 aliphatic rings. The average Bonchev–Trinajstić information content (AvgIpc) is 2.56. The largest absolute Gasteiger partial charge is 0.241 e. The second-order valence-electron chi connectivity index (χ2n) is 4.65. The molecule has 1 aromatic rings. The Labute approximate surface area is 113 Å². The molecule has 5 nitrogen and oxygen atoms in total. The number of sulfone groups is 1. The van der Waals surface area contributed by atoms with Gasteiger partial charge < -0.3 is 0 Å². The van der Waals surface area contributed by atoms with E-state index in [1.807, 2.05) is 6.92 Å². The van der Waals surface area contributed by atoms with Crippen molar-refractivity contribution in [3.63, 3.8) is 0 Å². The van der Waals surface area contributed by atoms with Crippen LogP contribution in [0.15, 0.2) is 34.6 Å². The molecule has 0 bridgehead atoms. The predicted octanol–water partition coefficient (Wildman–Crippen LogP) is 0.892. The fourth-order valence-corrected chi connectivity index (χ4v) is 4.77. The fourth-order valence-electron chi connectivity index (χ4n) is 2.01. The van der Waals surface area contributed by atoms with Crippen molar-refractivity contribution in [3.8, 4) is 0 Å². The number of nitrogens with one attached hydrogen (secondary N) is 1. The summed E-state index contributed by atoms with van der Waals surface area (Å²) in [6.45, 7) is 3.59. The molecule has 7 heteroatoms. The van der Waals surface area contributed by atoms with Gasteiger partial charge in [0.15, 0.2) is 9.84 Å². The lowest BCUT2D eigenvalue weighted by molar-refractivity contribution is 0.574. The average molecular weight is 301 g/mol. The summed E-state index contributed by atoms with van der Waals surface area (Å²) >= 11 is 0. The fraction of sp³-hybridized carbons (Fsp3) is 0.333. The minimum absolute atomic E-state index is 0.177. The number of hydrogen-bond donors (Lipinski definition) is 1. The summed E-state index contributed by atoms with van der Waals surface area (Å²) in [7, 11) is -6.98. The van der Waals surface area contributed by atoms with E-state index in [0.29, 0.717) is 5.56 Å². The quantitative estimate of drug-likeness (QED) is 0.899. The van der Waals surface area contributed by atoms with Gasteiger partial charge in [-0.05, 0) is 25.5 Å². The molecule has 1 aliphatic heterocycles. The van der Waals surface area contributed by atoms with Crippen LogP contribution in [0, 0.1) is 13.8 Å². The van der Waals surface area contributed by atoms with E-state index in [9.17, 15) is 16.8 Å². The highest BCUT2D eigenvalue weighted by molar-refractivity contribution is 7.94. The van der Waals surface area contributed by atoms with E-state index in [4.69, 9.17) is 0 Å². The predicted molar refractivity (Wildman–Crippen MR) is 73.0 cm³/mol. The molecule has 1 aromatic carbocycles. The van der Waals surface area contributed by atoms with Crippen molar-refractivity contribution in [3.05, 3.63) is 40.8 Å². The van der Waals surface area contributed by atoms with Gasteiger partial charge in [0.05, 0.1) is 16.7 Å². The third-order valence-electron chi connectivity index (χ3n) is 2.86. The molecule has 1 atom stereocenters. The number of rotatable bonds is 3. The van der Waals surface area contributed by atoms with Gasteiger partial charge >= 0.3 is 0 Å². The van der Waals surface area contributed by atoms with Gasteiger partial charge in [0.25, 0.3) is 0 Å². The Morgan fingerprint density at radius 2 is 1.95 bits per heavy atom. The van der Waals surface area contributed by atoms with Gasteiger partial charge in [0.2, 0.25) is 10.0 Å². The lowest BCUT2D eigenvalue weighted by atomic mass is 10.2. The van der Waals surface area contributed by atoms with Gasteiger partial charge in [-0.1, -0.05) is 23.8 Å². The molecular weight excluding hydrogens is 286 g/mol. The van der Waals surface area contributed by atoms with Crippen LogP contribution in [0.1, 0.15) is 11.1 Å².